The number of hydrogen-bond donors (Lipinski definition) is 2. The second-order valence-corrected chi connectivity index (χ2v) is 7.72. The normalized spacial score (nSPS) is 18.1. The van der Waals surface area contributed by atoms with E-state index in [0.717, 1.165) is 11.4 Å². The molecule has 0 fully saturated rings. The lowest BCUT2D eigenvalue weighted by atomic mass is 10.0. The van der Waals surface area contributed by atoms with Gasteiger partial charge in [-0.3, -0.25) is 4.79 Å². The number of aryl methyl sites for hydroxylation is 2. The Kier molecular flexibility index (Phi) is 4.95. The van der Waals surface area contributed by atoms with Crippen molar-refractivity contribution in [1.29, 1.82) is 0 Å². The van der Waals surface area contributed by atoms with Gasteiger partial charge in [0.25, 0.3) is 0 Å². The predicted molar refractivity (Wildman–Crippen MR) is 109 cm³/mol. The van der Waals surface area contributed by atoms with Crippen LogP contribution in [-0.2, 0) is 4.79 Å². The molecule has 7 nitrogen and oxygen atoms in total. The molecule has 144 valence electrons. The van der Waals surface area contributed by atoms with Gasteiger partial charge in [-0.05, 0) is 31.5 Å². The number of fused-ring (bicyclic) bond motifs is 1. The standard InChI is InChI=1S/C20H21N5O2S/c1-12-8-10-14(11-9-12)17-18(28-20-23-22-13(2)25(20)24-17)19(26)21-15-6-4-5-7-16(15)27-3/h4-11,17-18,24H,1-3H3,(H,21,26). The molecule has 4 rings (SSSR count). The maximum atomic E-state index is 13.2. The van der Waals surface area contributed by atoms with E-state index in [-0.39, 0.29) is 11.9 Å². The molecule has 1 aromatic heterocycles. The third-order valence-corrected chi connectivity index (χ3v) is 5.87. The fourth-order valence-corrected chi connectivity index (χ4v) is 4.26. The van der Waals surface area contributed by atoms with E-state index in [0.29, 0.717) is 16.6 Å². The van der Waals surface area contributed by atoms with Gasteiger partial charge in [-0.25, -0.2) is 4.68 Å². The number of aromatic nitrogens is 3. The van der Waals surface area contributed by atoms with Gasteiger partial charge in [0, 0.05) is 0 Å². The van der Waals surface area contributed by atoms with E-state index in [1.54, 1.807) is 7.11 Å². The van der Waals surface area contributed by atoms with Crippen LogP contribution < -0.4 is 15.5 Å². The zero-order chi connectivity index (χ0) is 19.7. The van der Waals surface area contributed by atoms with Crippen LogP contribution in [0.3, 0.4) is 0 Å². The number of thioether (sulfide) groups is 1. The van der Waals surface area contributed by atoms with Gasteiger partial charge < -0.3 is 15.5 Å². The molecular formula is C20H21N5O2S. The lowest BCUT2D eigenvalue weighted by Crippen LogP contribution is -2.41. The number of amides is 1. The average Bonchev–Trinajstić information content (AvgIpc) is 3.08. The molecular weight excluding hydrogens is 374 g/mol. The van der Waals surface area contributed by atoms with Crippen LogP contribution in [0.5, 0.6) is 5.75 Å². The monoisotopic (exact) mass is 395 g/mol. The van der Waals surface area contributed by atoms with Crippen molar-refractivity contribution in [3.8, 4) is 5.75 Å². The number of nitrogens with one attached hydrogen (secondary N) is 2. The van der Waals surface area contributed by atoms with Crippen molar-refractivity contribution < 1.29 is 9.53 Å². The van der Waals surface area contributed by atoms with Crippen LogP contribution in [0.4, 0.5) is 5.69 Å². The van der Waals surface area contributed by atoms with E-state index < -0.39 is 5.25 Å². The summed E-state index contributed by atoms with van der Waals surface area (Å²) in [6, 6.07) is 15.3. The Labute approximate surface area is 167 Å². The molecule has 2 N–H and O–H groups in total. The Hall–Kier alpha value is -3.00. The van der Waals surface area contributed by atoms with Crippen LogP contribution in [0.25, 0.3) is 0 Å². The summed E-state index contributed by atoms with van der Waals surface area (Å²) in [5, 5.41) is 11.5. The molecule has 0 saturated carbocycles. The van der Waals surface area contributed by atoms with Crippen molar-refractivity contribution in [2.45, 2.75) is 30.3 Å². The molecule has 1 amide bonds. The number of methoxy groups -OCH3 is 1. The predicted octanol–water partition coefficient (Wildman–Crippen LogP) is 3.30. The molecule has 2 atom stereocenters. The van der Waals surface area contributed by atoms with Crippen molar-refractivity contribution in [3.63, 3.8) is 0 Å². The lowest BCUT2D eigenvalue weighted by Gasteiger charge is -2.32. The SMILES string of the molecule is COc1ccccc1NC(=O)C1Sc2nnc(C)n2NC1c1ccc(C)cc1. The largest absolute Gasteiger partial charge is 0.495 e. The van der Waals surface area contributed by atoms with Crippen LogP contribution in [0.1, 0.15) is 23.0 Å². The number of anilines is 1. The highest BCUT2D eigenvalue weighted by atomic mass is 32.2. The Balaban J connectivity index is 1.67. The summed E-state index contributed by atoms with van der Waals surface area (Å²) in [6.45, 7) is 3.92. The van der Waals surface area contributed by atoms with Gasteiger partial charge in [-0.1, -0.05) is 53.7 Å². The van der Waals surface area contributed by atoms with Crippen molar-refractivity contribution in [1.82, 2.24) is 14.9 Å². The first-order valence-corrected chi connectivity index (χ1v) is 9.80. The third kappa shape index (κ3) is 3.43. The van der Waals surface area contributed by atoms with Crippen molar-refractivity contribution in [2.75, 3.05) is 17.9 Å². The summed E-state index contributed by atoms with van der Waals surface area (Å²) < 4.78 is 7.19. The number of carbonyl (C=O) groups is 1. The minimum atomic E-state index is -0.427. The van der Waals surface area contributed by atoms with Gasteiger partial charge in [0.05, 0.1) is 18.8 Å². The highest BCUT2D eigenvalue weighted by molar-refractivity contribution is 8.00. The summed E-state index contributed by atoms with van der Waals surface area (Å²) >= 11 is 1.40. The van der Waals surface area contributed by atoms with Crippen LogP contribution >= 0.6 is 11.8 Å². The highest BCUT2D eigenvalue weighted by Gasteiger charge is 2.37. The topological polar surface area (TPSA) is 81.1 Å². The number of carbonyl (C=O) groups excluding carboxylic acids is 1. The van der Waals surface area contributed by atoms with Crippen molar-refractivity contribution in [2.24, 2.45) is 0 Å². The summed E-state index contributed by atoms with van der Waals surface area (Å²) in [6.07, 6.45) is 0. The number of benzene rings is 2. The fourth-order valence-electron chi connectivity index (χ4n) is 3.14. The molecule has 2 unspecified atom stereocenters. The molecule has 0 spiro atoms. The second kappa shape index (κ2) is 7.55. The quantitative estimate of drug-likeness (QED) is 0.706. The molecule has 2 aromatic carbocycles. The van der Waals surface area contributed by atoms with Crippen molar-refractivity contribution in [3.05, 3.63) is 65.5 Å². The Morgan fingerprint density at radius 2 is 1.89 bits per heavy atom. The number of para-hydroxylation sites is 2. The van der Waals surface area contributed by atoms with Crippen LogP contribution in [0.15, 0.2) is 53.7 Å². The van der Waals surface area contributed by atoms with Gasteiger partial charge >= 0.3 is 0 Å². The lowest BCUT2D eigenvalue weighted by molar-refractivity contribution is -0.116. The van der Waals surface area contributed by atoms with Crippen LogP contribution in [0.2, 0.25) is 0 Å². The van der Waals surface area contributed by atoms with Crippen LogP contribution in [-0.4, -0.2) is 33.1 Å². The Morgan fingerprint density at radius 3 is 2.64 bits per heavy atom. The van der Waals surface area contributed by atoms with E-state index in [2.05, 4.69) is 20.9 Å². The van der Waals surface area contributed by atoms with Gasteiger partial charge in [0.15, 0.2) is 0 Å². The van der Waals surface area contributed by atoms with E-state index in [1.807, 2.05) is 67.1 Å². The van der Waals surface area contributed by atoms with E-state index >= 15 is 0 Å². The first kappa shape index (κ1) is 18.4. The van der Waals surface area contributed by atoms with E-state index in [1.165, 1.54) is 17.3 Å². The molecule has 28 heavy (non-hydrogen) atoms. The summed E-state index contributed by atoms with van der Waals surface area (Å²) in [5.41, 5.74) is 6.24. The van der Waals surface area contributed by atoms with Gasteiger partial charge in [-0.2, -0.15) is 0 Å². The number of rotatable bonds is 4. The molecule has 1 aliphatic heterocycles. The highest BCUT2D eigenvalue weighted by Crippen LogP contribution is 2.38. The minimum Gasteiger partial charge on any atom is -0.495 e. The maximum Gasteiger partial charge on any atom is 0.240 e. The molecule has 3 aromatic rings. The Bertz CT molecular complexity index is 1000. The minimum absolute atomic E-state index is 0.125. The number of ether oxygens (including phenoxy) is 1. The Morgan fingerprint density at radius 1 is 1.14 bits per heavy atom. The van der Waals surface area contributed by atoms with E-state index in [9.17, 15) is 4.79 Å². The first-order valence-electron chi connectivity index (χ1n) is 8.92. The first-order chi connectivity index (χ1) is 13.6. The summed E-state index contributed by atoms with van der Waals surface area (Å²) in [4.78, 5) is 13.2. The smallest absolute Gasteiger partial charge is 0.240 e. The van der Waals surface area contributed by atoms with E-state index in [4.69, 9.17) is 4.74 Å². The fraction of sp³-hybridized carbons (Fsp3) is 0.250. The second-order valence-electron chi connectivity index (χ2n) is 6.61. The molecule has 0 bridgehead atoms. The molecule has 2 heterocycles. The van der Waals surface area contributed by atoms with Gasteiger partial charge in [0.1, 0.15) is 16.8 Å². The molecule has 0 saturated heterocycles. The summed E-state index contributed by atoms with van der Waals surface area (Å²) in [7, 11) is 1.59. The third-order valence-electron chi connectivity index (χ3n) is 4.66. The van der Waals surface area contributed by atoms with Gasteiger partial charge in [0.2, 0.25) is 11.1 Å². The zero-order valence-corrected chi connectivity index (χ0v) is 16.7. The molecule has 0 aliphatic carbocycles. The zero-order valence-electron chi connectivity index (χ0n) is 15.8. The maximum absolute atomic E-state index is 13.2. The molecule has 0 radical (unpaired) electrons. The molecule has 1 aliphatic rings. The number of nitrogens with zero attached hydrogens (tertiary/aromatic N) is 3. The van der Waals surface area contributed by atoms with Crippen LogP contribution in [0, 0.1) is 13.8 Å². The van der Waals surface area contributed by atoms with Gasteiger partial charge in [-0.15, -0.1) is 10.2 Å². The van der Waals surface area contributed by atoms with Crippen molar-refractivity contribution >= 4 is 23.4 Å². The average molecular weight is 395 g/mol. The molecule has 8 heteroatoms. The number of hydrogen-bond acceptors (Lipinski definition) is 6. The summed E-state index contributed by atoms with van der Waals surface area (Å²) in [5.74, 6) is 1.25.